The second-order valence-electron chi connectivity index (χ2n) is 8.12. The summed E-state index contributed by atoms with van der Waals surface area (Å²) < 4.78 is 0. The first kappa shape index (κ1) is 19.8. The smallest absolute Gasteiger partial charge is 0.137 e. The zero-order valence-electron chi connectivity index (χ0n) is 18.1. The predicted octanol–water partition coefficient (Wildman–Crippen LogP) is 8.95. The molecule has 0 saturated carbocycles. The van der Waals surface area contributed by atoms with Crippen molar-refractivity contribution in [3.63, 3.8) is 0 Å². The van der Waals surface area contributed by atoms with Crippen molar-refractivity contribution in [1.82, 2.24) is 4.98 Å². The van der Waals surface area contributed by atoms with Gasteiger partial charge >= 0.3 is 0 Å². The topological polar surface area (TPSA) is 19.4 Å². The van der Waals surface area contributed by atoms with Gasteiger partial charge in [0.15, 0.2) is 0 Å². The minimum absolute atomic E-state index is 0.914. The Kier molecular flexibility index (Phi) is 4.64. The van der Waals surface area contributed by atoms with Gasteiger partial charge in [0.1, 0.15) is 5.82 Å². The van der Waals surface area contributed by atoms with Crippen molar-refractivity contribution in [1.29, 1.82) is 0 Å². The molecule has 3 heterocycles. The van der Waals surface area contributed by atoms with Crippen LogP contribution < -0.4 is 9.80 Å². The molecular weight excluding hydrogens is 454 g/mol. The van der Waals surface area contributed by atoms with E-state index in [1.54, 1.807) is 0 Å². The first-order chi connectivity index (χ1) is 16.9. The number of aromatic nitrogens is 1. The lowest BCUT2D eigenvalue weighted by Gasteiger charge is -2.34. The van der Waals surface area contributed by atoms with Crippen molar-refractivity contribution in [2.24, 2.45) is 0 Å². The molecule has 0 bridgehead atoms. The van der Waals surface area contributed by atoms with Crippen LogP contribution in [0.5, 0.6) is 0 Å². The van der Waals surface area contributed by atoms with Crippen LogP contribution in [0.1, 0.15) is 0 Å². The van der Waals surface area contributed by atoms with Crippen LogP contribution in [0.2, 0.25) is 0 Å². The third-order valence-electron chi connectivity index (χ3n) is 6.08. The number of rotatable bonds is 2. The first-order valence-electron chi connectivity index (χ1n) is 11.1. The number of benzene rings is 4. The van der Waals surface area contributed by atoms with Gasteiger partial charge in [-0.25, -0.2) is 4.98 Å². The van der Waals surface area contributed by atoms with E-state index in [-0.39, 0.29) is 0 Å². The van der Waals surface area contributed by atoms with E-state index in [0.717, 1.165) is 22.9 Å². The third kappa shape index (κ3) is 3.12. The molecule has 0 N–H and O–H groups in total. The lowest BCUT2D eigenvalue weighted by Crippen LogP contribution is -2.17. The van der Waals surface area contributed by atoms with Gasteiger partial charge in [-0.1, -0.05) is 72.1 Å². The normalized spacial score (nSPS) is 13.5. The molecule has 34 heavy (non-hydrogen) atoms. The van der Waals surface area contributed by atoms with Gasteiger partial charge in [-0.3, -0.25) is 4.90 Å². The van der Waals surface area contributed by atoms with Gasteiger partial charge in [0, 0.05) is 19.6 Å². The van der Waals surface area contributed by atoms with Gasteiger partial charge in [-0.2, -0.15) is 0 Å². The van der Waals surface area contributed by atoms with Crippen LogP contribution in [-0.2, 0) is 0 Å². The summed E-state index contributed by atoms with van der Waals surface area (Å²) in [6, 6.07) is 38.5. The van der Waals surface area contributed by atoms with E-state index < -0.39 is 0 Å². The van der Waals surface area contributed by atoms with Crippen molar-refractivity contribution in [3.8, 4) is 0 Å². The fourth-order valence-corrected chi connectivity index (χ4v) is 6.69. The molecule has 0 fully saturated rings. The summed E-state index contributed by atoms with van der Waals surface area (Å²) >= 11 is 3.63. The highest BCUT2D eigenvalue weighted by atomic mass is 32.2. The molecule has 5 aromatic rings. The number of nitrogens with zero attached hydrogens (tertiary/aromatic N) is 3. The van der Waals surface area contributed by atoms with Gasteiger partial charge in [0.05, 0.1) is 34.6 Å². The van der Waals surface area contributed by atoms with E-state index in [1.807, 2.05) is 29.7 Å². The third-order valence-corrected chi connectivity index (χ3v) is 8.34. The summed E-state index contributed by atoms with van der Waals surface area (Å²) in [5.74, 6) is 0.914. The van der Waals surface area contributed by atoms with Gasteiger partial charge in [-0.15, -0.1) is 0 Å². The minimum atomic E-state index is 0.914. The molecule has 4 aromatic carbocycles. The first-order valence-corrected chi connectivity index (χ1v) is 12.8. The molecule has 0 aliphatic carbocycles. The Balaban J connectivity index is 1.35. The van der Waals surface area contributed by atoms with E-state index >= 15 is 0 Å². The van der Waals surface area contributed by atoms with E-state index in [4.69, 9.17) is 4.98 Å². The molecule has 0 amide bonds. The quantitative estimate of drug-likeness (QED) is 0.249. The van der Waals surface area contributed by atoms with Gasteiger partial charge in [0.25, 0.3) is 0 Å². The molecule has 1 aromatic heterocycles. The Bertz CT molecular complexity index is 1320. The molecular formula is C29H19N3S2. The van der Waals surface area contributed by atoms with Crippen LogP contribution in [0.25, 0.3) is 0 Å². The van der Waals surface area contributed by atoms with Crippen LogP contribution in [0, 0.1) is 0 Å². The van der Waals surface area contributed by atoms with Crippen molar-refractivity contribution in [2.45, 2.75) is 19.6 Å². The van der Waals surface area contributed by atoms with E-state index in [1.165, 1.54) is 31.0 Å². The molecule has 2 aliphatic rings. The summed E-state index contributed by atoms with van der Waals surface area (Å²) in [6.07, 6.45) is 1.99. The molecule has 0 radical (unpaired) electrons. The summed E-state index contributed by atoms with van der Waals surface area (Å²) in [7, 11) is 0. The number of fused-ring (bicyclic) bond motifs is 4. The maximum atomic E-state index is 4.99. The average molecular weight is 474 g/mol. The molecule has 0 spiro atoms. The molecule has 2 aliphatic heterocycles. The Morgan fingerprint density at radius 2 is 0.853 bits per heavy atom. The van der Waals surface area contributed by atoms with Crippen molar-refractivity contribution < 1.29 is 0 Å². The molecule has 0 saturated heterocycles. The number of hydrogen-bond acceptors (Lipinski definition) is 5. The zero-order valence-corrected chi connectivity index (χ0v) is 19.8. The Hall–Kier alpha value is -3.67. The Morgan fingerprint density at radius 1 is 0.441 bits per heavy atom. The number of para-hydroxylation sites is 4. The average Bonchev–Trinajstić information content (AvgIpc) is 2.90. The maximum Gasteiger partial charge on any atom is 0.137 e. The largest absolute Gasteiger partial charge is 0.307 e. The second kappa shape index (κ2) is 7.97. The fourth-order valence-electron chi connectivity index (χ4n) is 4.58. The predicted molar refractivity (Wildman–Crippen MR) is 142 cm³/mol. The SMILES string of the molecule is c1ccc2c(c1)Sc1ccccc1N2c1ccc(N2c3ccccc3Sc3ccccc32)nc1. The van der Waals surface area contributed by atoms with Crippen LogP contribution in [-0.4, -0.2) is 4.98 Å². The Labute approximate surface area is 207 Å². The van der Waals surface area contributed by atoms with Crippen molar-refractivity contribution in [3.05, 3.63) is 115 Å². The van der Waals surface area contributed by atoms with Crippen LogP contribution in [0.15, 0.2) is 135 Å². The monoisotopic (exact) mass is 473 g/mol. The summed E-state index contributed by atoms with van der Waals surface area (Å²) in [6.45, 7) is 0. The summed E-state index contributed by atoms with van der Waals surface area (Å²) in [4.78, 5) is 14.5. The molecule has 5 heteroatoms. The number of pyridine rings is 1. The molecule has 7 rings (SSSR count). The number of anilines is 6. The van der Waals surface area contributed by atoms with E-state index in [9.17, 15) is 0 Å². The maximum absolute atomic E-state index is 4.99. The van der Waals surface area contributed by atoms with Gasteiger partial charge in [0.2, 0.25) is 0 Å². The van der Waals surface area contributed by atoms with Crippen LogP contribution in [0.4, 0.5) is 34.3 Å². The molecule has 0 atom stereocenters. The lowest BCUT2D eigenvalue weighted by atomic mass is 10.2. The highest BCUT2D eigenvalue weighted by Crippen LogP contribution is 2.53. The number of hydrogen-bond donors (Lipinski definition) is 0. The Morgan fingerprint density at radius 3 is 1.26 bits per heavy atom. The summed E-state index contributed by atoms with van der Waals surface area (Å²) in [5.41, 5.74) is 5.75. The highest BCUT2D eigenvalue weighted by molar-refractivity contribution is 8.00. The molecule has 3 nitrogen and oxygen atoms in total. The second-order valence-corrected chi connectivity index (χ2v) is 10.3. The molecule has 0 unspecified atom stereocenters. The van der Waals surface area contributed by atoms with E-state index in [2.05, 4.69) is 119 Å². The lowest BCUT2D eigenvalue weighted by molar-refractivity contribution is 1.10. The summed E-state index contributed by atoms with van der Waals surface area (Å²) in [5, 5.41) is 0. The highest BCUT2D eigenvalue weighted by Gasteiger charge is 2.27. The van der Waals surface area contributed by atoms with Crippen molar-refractivity contribution >= 4 is 57.8 Å². The van der Waals surface area contributed by atoms with Crippen LogP contribution >= 0.6 is 23.5 Å². The minimum Gasteiger partial charge on any atom is -0.307 e. The fraction of sp³-hybridized carbons (Fsp3) is 0. The van der Waals surface area contributed by atoms with Crippen molar-refractivity contribution in [2.75, 3.05) is 9.80 Å². The van der Waals surface area contributed by atoms with E-state index in [0.29, 0.717) is 0 Å². The van der Waals surface area contributed by atoms with Gasteiger partial charge in [-0.05, 0) is 60.7 Å². The molecule has 162 valence electrons. The zero-order chi connectivity index (χ0) is 22.5. The standard InChI is InChI=1S/C29H19N3S2/c1-5-13-25-21(9-1)31(22-10-2-6-14-26(22)33-25)20-17-18-29(30-19-20)32-23-11-3-7-15-27(23)34-28-16-8-4-12-24(28)32/h1-19H. The van der Waals surface area contributed by atoms with Gasteiger partial charge < -0.3 is 4.90 Å². The van der Waals surface area contributed by atoms with Crippen LogP contribution in [0.3, 0.4) is 0 Å².